The standard InChI is InChI=1S/C13H17ClN2O/c1-16(10-5-4-8-15-9-10)13(17)11-6-2-3-7-12(11)14/h2-3,6-7,10,15H,4-5,8-9H2,1H3/t10-/m1/s1. The molecule has 1 amide bonds. The van der Waals surface area contributed by atoms with Gasteiger partial charge in [-0.25, -0.2) is 0 Å². The zero-order valence-corrected chi connectivity index (χ0v) is 10.7. The summed E-state index contributed by atoms with van der Waals surface area (Å²) in [4.78, 5) is 14.1. The minimum atomic E-state index is 0.00398. The fourth-order valence-corrected chi connectivity index (χ4v) is 2.37. The predicted octanol–water partition coefficient (Wildman–Crippen LogP) is 2.16. The van der Waals surface area contributed by atoms with Crippen molar-refractivity contribution in [2.24, 2.45) is 0 Å². The third-order valence-electron chi connectivity index (χ3n) is 3.24. The van der Waals surface area contributed by atoms with Crippen LogP contribution in [-0.4, -0.2) is 37.0 Å². The lowest BCUT2D eigenvalue weighted by Crippen LogP contribution is -2.46. The summed E-state index contributed by atoms with van der Waals surface area (Å²) in [7, 11) is 1.85. The molecule has 1 aromatic rings. The molecule has 3 nitrogen and oxygen atoms in total. The highest BCUT2D eigenvalue weighted by molar-refractivity contribution is 6.33. The van der Waals surface area contributed by atoms with Gasteiger partial charge in [0.15, 0.2) is 0 Å². The van der Waals surface area contributed by atoms with Gasteiger partial charge in [0.2, 0.25) is 0 Å². The van der Waals surface area contributed by atoms with Crippen LogP contribution in [0.5, 0.6) is 0 Å². The molecule has 1 N–H and O–H groups in total. The largest absolute Gasteiger partial charge is 0.337 e. The van der Waals surface area contributed by atoms with Gasteiger partial charge in [-0.2, -0.15) is 0 Å². The number of piperidine rings is 1. The molecule has 17 heavy (non-hydrogen) atoms. The summed E-state index contributed by atoms with van der Waals surface area (Å²) in [6, 6.07) is 7.47. The third kappa shape index (κ3) is 2.79. The van der Waals surface area contributed by atoms with Crippen molar-refractivity contribution < 1.29 is 4.79 Å². The van der Waals surface area contributed by atoms with E-state index in [-0.39, 0.29) is 11.9 Å². The number of hydrogen-bond donors (Lipinski definition) is 1. The molecule has 4 heteroatoms. The van der Waals surface area contributed by atoms with Gasteiger partial charge in [-0.3, -0.25) is 4.79 Å². The van der Waals surface area contributed by atoms with Gasteiger partial charge in [-0.05, 0) is 31.5 Å². The summed E-state index contributed by atoms with van der Waals surface area (Å²) in [5.74, 6) is 0.00398. The zero-order valence-electron chi connectivity index (χ0n) is 9.95. The van der Waals surface area contributed by atoms with Gasteiger partial charge < -0.3 is 10.2 Å². The second kappa shape index (κ2) is 5.52. The van der Waals surface area contributed by atoms with E-state index in [2.05, 4.69) is 5.32 Å². The number of halogens is 1. The maximum Gasteiger partial charge on any atom is 0.255 e. The summed E-state index contributed by atoms with van der Waals surface area (Å²) >= 11 is 6.04. The number of benzene rings is 1. The van der Waals surface area contributed by atoms with E-state index in [1.54, 1.807) is 17.0 Å². The maximum atomic E-state index is 12.3. The molecule has 2 rings (SSSR count). The van der Waals surface area contributed by atoms with Crippen molar-refractivity contribution in [3.05, 3.63) is 34.9 Å². The molecule has 0 bridgehead atoms. The minimum absolute atomic E-state index is 0.00398. The lowest BCUT2D eigenvalue weighted by Gasteiger charge is -2.31. The number of rotatable bonds is 2. The summed E-state index contributed by atoms with van der Waals surface area (Å²) in [6.45, 7) is 1.91. The first-order valence-electron chi connectivity index (χ1n) is 5.92. The van der Waals surface area contributed by atoms with Crippen LogP contribution < -0.4 is 5.32 Å². The summed E-state index contributed by atoms with van der Waals surface area (Å²) in [5, 5.41) is 3.83. The Morgan fingerprint density at radius 1 is 1.47 bits per heavy atom. The Labute approximate surface area is 107 Å². The fraction of sp³-hybridized carbons (Fsp3) is 0.462. The molecule has 0 radical (unpaired) electrons. The van der Waals surface area contributed by atoms with Gasteiger partial charge in [0.25, 0.3) is 5.91 Å². The van der Waals surface area contributed by atoms with E-state index in [0.717, 1.165) is 25.9 Å². The molecule has 0 aromatic heterocycles. The smallest absolute Gasteiger partial charge is 0.255 e. The molecular formula is C13H17ClN2O. The van der Waals surface area contributed by atoms with Crippen LogP contribution in [0.2, 0.25) is 5.02 Å². The van der Waals surface area contributed by atoms with Crippen LogP contribution in [0, 0.1) is 0 Å². The van der Waals surface area contributed by atoms with E-state index >= 15 is 0 Å². The van der Waals surface area contributed by atoms with Crippen molar-refractivity contribution in [1.82, 2.24) is 10.2 Å². The van der Waals surface area contributed by atoms with Gasteiger partial charge in [0.05, 0.1) is 10.6 Å². The van der Waals surface area contributed by atoms with E-state index in [1.165, 1.54) is 0 Å². The second-order valence-electron chi connectivity index (χ2n) is 4.40. The van der Waals surface area contributed by atoms with Gasteiger partial charge in [-0.1, -0.05) is 23.7 Å². The summed E-state index contributed by atoms with van der Waals surface area (Å²) in [5.41, 5.74) is 0.585. The normalized spacial score (nSPS) is 20.0. The van der Waals surface area contributed by atoms with Crippen molar-refractivity contribution in [3.63, 3.8) is 0 Å². The van der Waals surface area contributed by atoms with E-state index in [4.69, 9.17) is 11.6 Å². The van der Waals surface area contributed by atoms with Crippen molar-refractivity contribution in [3.8, 4) is 0 Å². The SMILES string of the molecule is CN(C(=O)c1ccccc1Cl)[C@@H]1CCCNC1. The highest BCUT2D eigenvalue weighted by Crippen LogP contribution is 2.19. The van der Waals surface area contributed by atoms with Gasteiger partial charge in [0.1, 0.15) is 0 Å². The number of amides is 1. The first-order valence-corrected chi connectivity index (χ1v) is 6.30. The Balaban J connectivity index is 2.11. The Morgan fingerprint density at radius 2 is 2.24 bits per heavy atom. The van der Waals surface area contributed by atoms with Gasteiger partial charge in [-0.15, -0.1) is 0 Å². The number of carbonyl (C=O) groups is 1. The number of hydrogen-bond acceptors (Lipinski definition) is 2. The Morgan fingerprint density at radius 3 is 2.88 bits per heavy atom. The number of nitrogens with zero attached hydrogens (tertiary/aromatic N) is 1. The third-order valence-corrected chi connectivity index (χ3v) is 3.57. The van der Waals surface area contributed by atoms with Crippen LogP contribution in [0.15, 0.2) is 24.3 Å². The average molecular weight is 253 g/mol. The predicted molar refractivity (Wildman–Crippen MR) is 69.4 cm³/mol. The second-order valence-corrected chi connectivity index (χ2v) is 4.80. The lowest BCUT2D eigenvalue weighted by molar-refractivity contribution is 0.0708. The lowest BCUT2D eigenvalue weighted by atomic mass is 10.1. The minimum Gasteiger partial charge on any atom is -0.337 e. The maximum absolute atomic E-state index is 12.3. The number of carbonyl (C=O) groups excluding carboxylic acids is 1. The molecule has 0 unspecified atom stereocenters. The number of nitrogens with one attached hydrogen (secondary N) is 1. The van der Waals surface area contributed by atoms with Gasteiger partial charge in [0, 0.05) is 19.6 Å². The highest BCUT2D eigenvalue weighted by atomic mass is 35.5. The van der Waals surface area contributed by atoms with E-state index in [9.17, 15) is 4.79 Å². The Bertz CT molecular complexity index is 402. The van der Waals surface area contributed by atoms with Crippen molar-refractivity contribution in [1.29, 1.82) is 0 Å². The number of likely N-dealkylation sites (N-methyl/N-ethyl adjacent to an activating group) is 1. The van der Waals surface area contributed by atoms with E-state index in [1.807, 2.05) is 19.2 Å². The first kappa shape index (κ1) is 12.4. The highest BCUT2D eigenvalue weighted by Gasteiger charge is 2.23. The van der Waals surface area contributed by atoms with Crippen LogP contribution in [0.4, 0.5) is 0 Å². The molecule has 1 fully saturated rings. The van der Waals surface area contributed by atoms with E-state index in [0.29, 0.717) is 10.6 Å². The molecule has 0 aliphatic carbocycles. The molecule has 92 valence electrons. The summed E-state index contributed by atoms with van der Waals surface area (Å²) in [6.07, 6.45) is 2.17. The Kier molecular flexibility index (Phi) is 4.02. The van der Waals surface area contributed by atoms with Crippen LogP contribution in [0.25, 0.3) is 0 Å². The van der Waals surface area contributed by atoms with E-state index < -0.39 is 0 Å². The first-order chi connectivity index (χ1) is 8.20. The topological polar surface area (TPSA) is 32.3 Å². The van der Waals surface area contributed by atoms with Crippen molar-refractivity contribution in [2.75, 3.05) is 20.1 Å². The zero-order chi connectivity index (χ0) is 12.3. The van der Waals surface area contributed by atoms with Crippen LogP contribution in [0.1, 0.15) is 23.2 Å². The molecule has 1 aliphatic heterocycles. The quantitative estimate of drug-likeness (QED) is 0.875. The molecule has 1 aliphatic rings. The molecule has 0 saturated carbocycles. The van der Waals surface area contributed by atoms with Crippen LogP contribution in [-0.2, 0) is 0 Å². The summed E-state index contributed by atoms with van der Waals surface area (Å²) < 4.78 is 0. The molecule has 1 atom stereocenters. The fourth-order valence-electron chi connectivity index (χ4n) is 2.15. The molecule has 1 heterocycles. The van der Waals surface area contributed by atoms with Crippen LogP contribution >= 0.6 is 11.6 Å². The monoisotopic (exact) mass is 252 g/mol. The van der Waals surface area contributed by atoms with Crippen molar-refractivity contribution in [2.45, 2.75) is 18.9 Å². The van der Waals surface area contributed by atoms with Crippen LogP contribution in [0.3, 0.4) is 0 Å². The molecule has 0 spiro atoms. The average Bonchev–Trinajstić information content (AvgIpc) is 2.39. The molecular weight excluding hydrogens is 236 g/mol. The Hall–Kier alpha value is -1.06. The van der Waals surface area contributed by atoms with Crippen molar-refractivity contribution >= 4 is 17.5 Å². The molecule has 1 saturated heterocycles. The molecule has 1 aromatic carbocycles. The van der Waals surface area contributed by atoms with Gasteiger partial charge >= 0.3 is 0 Å².